The summed E-state index contributed by atoms with van der Waals surface area (Å²) in [6, 6.07) is 1.49. The van der Waals surface area contributed by atoms with Crippen LogP contribution in [0, 0.1) is 0 Å². The maximum absolute atomic E-state index is 11.0. The van der Waals surface area contributed by atoms with Crippen LogP contribution < -0.4 is 5.32 Å². The zero-order valence-electron chi connectivity index (χ0n) is 8.40. The van der Waals surface area contributed by atoms with E-state index in [9.17, 15) is 4.79 Å². The number of carboxylic acid groups (broad SMARTS) is 1. The van der Waals surface area contributed by atoms with Crippen molar-refractivity contribution in [2.45, 2.75) is 18.4 Å². The molecular weight excluding hydrogens is 276 g/mol. The van der Waals surface area contributed by atoms with Crippen LogP contribution in [-0.2, 0) is 0 Å². The van der Waals surface area contributed by atoms with Crippen LogP contribution in [0.4, 0.5) is 5.82 Å². The lowest BCUT2D eigenvalue weighted by atomic mass is 10.2. The third-order valence-corrected chi connectivity index (χ3v) is 3.06. The van der Waals surface area contributed by atoms with Crippen LogP contribution in [0.5, 0.6) is 0 Å². The van der Waals surface area contributed by atoms with Crippen LogP contribution in [-0.4, -0.2) is 33.3 Å². The van der Waals surface area contributed by atoms with Gasteiger partial charge in [0, 0.05) is 10.7 Å². The maximum atomic E-state index is 11.0. The van der Waals surface area contributed by atoms with Crippen LogP contribution >= 0.6 is 15.9 Å². The molecule has 1 saturated carbocycles. The molecule has 1 aromatic heterocycles. The molecule has 16 heavy (non-hydrogen) atoms. The van der Waals surface area contributed by atoms with Gasteiger partial charge in [-0.2, -0.15) is 0 Å². The molecule has 0 aromatic carbocycles. The third kappa shape index (κ3) is 2.17. The third-order valence-electron chi connectivity index (χ3n) is 2.62. The second kappa shape index (κ2) is 4.03. The van der Waals surface area contributed by atoms with E-state index in [1.807, 2.05) is 0 Å². The molecule has 0 spiro atoms. The second-order valence-corrected chi connectivity index (χ2v) is 4.83. The molecule has 0 saturated heterocycles. The summed E-state index contributed by atoms with van der Waals surface area (Å²) in [5, 5.41) is 21.2. The largest absolute Gasteiger partial charge is 0.478 e. The Kier molecular flexibility index (Phi) is 2.86. The molecule has 1 heterocycles. The molecule has 5 nitrogen and oxygen atoms in total. The number of halogens is 1. The zero-order valence-corrected chi connectivity index (χ0v) is 9.99. The first-order valence-electron chi connectivity index (χ1n) is 4.84. The number of hydrogen-bond donors (Lipinski definition) is 3. The van der Waals surface area contributed by atoms with Gasteiger partial charge in [-0.25, -0.2) is 9.78 Å². The van der Waals surface area contributed by atoms with Gasteiger partial charge < -0.3 is 15.5 Å². The minimum absolute atomic E-state index is 0.0101. The molecule has 1 aliphatic carbocycles. The molecule has 0 unspecified atom stereocenters. The molecule has 3 N–H and O–H groups in total. The van der Waals surface area contributed by atoms with Gasteiger partial charge in [0.1, 0.15) is 11.4 Å². The van der Waals surface area contributed by atoms with Crippen molar-refractivity contribution in [2.24, 2.45) is 0 Å². The normalized spacial score (nSPS) is 16.9. The SMILES string of the molecule is O=C(O)c1cc(Br)cnc1NC1(CO)CC1. The molecule has 1 fully saturated rings. The molecule has 2 rings (SSSR count). The van der Waals surface area contributed by atoms with Crippen molar-refractivity contribution in [2.75, 3.05) is 11.9 Å². The molecule has 0 atom stereocenters. The highest BCUT2D eigenvalue weighted by atomic mass is 79.9. The highest BCUT2D eigenvalue weighted by Crippen LogP contribution is 2.38. The van der Waals surface area contributed by atoms with Crippen LogP contribution in [0.25, 0.3) is 0 Å². The number of pyridine rings is 1. The van der Waals surface area contributed by atoms with Gasteiger partial charge in [0.2, 0.25) is 0 Å². The highest BCUT2D eigenvalue weighted by molar-refractivity contribution is 9.10. The molecular formula is C10H11BrN2O3. The van der Waals surface area contributed by atoms with Gasteiger partial charge in [0.15, 0.2) is 0 Å². The average Bonchev–Trinajstić information content (AvgIpc) is 3.01. The van der Waals surface area contributed by atoms with Gasteiger partial charge in [-0.3, -0.25) is 0 Å². The quantitative estimate of drug-likeness (QED) is 0.781. The van der Waals surface area contributed by atoms with E-state index in [1.54, 1.807) is 0 Å². The molecule has 86 valence electrons. The Morgan fingerprint density at radius 2 is 2.31 bits per heavy atom. The van der Waals surface area contributed by atoms with Crippen LogP contribution in [0.3, 0.4) is 0 Å². The molecule has 0 bridgehead atoms. The van der Waals surface area contributed by atoms with E-state index in [1.165, 1.54) is 12.3 Å². The van der Waals surface area contributed by atoms with Crippen LogP contribution in [0.2, 0.25) is 0 Å². The van der Waals surface area contributed by atoms with Gasteiger partial charge >= 0.3 is 5.97 Å². The van der Waals surface area contributed by atoms with Crippen molar-refractivity contribution >= 4 is 27.7 Å². The highest BCUT2D eigenvalue weighted by Gasteiger charge is 2.43. The Morgan fingerprint density at radius 1 is 1.62 bits per heavy atom. The summed E-state index contributed by atoms with van der Waals surface area (Å²) in [6.07, 6.45) is 3.20. The van der Waals surface area contributed by atoms with Gasteiger partial charge in [-0.15, -0.1) is 0 Å². The van der Waals surface area contributed by atoms with E-state index in [0.29, 0.717) is 10.3 Å². The van der Waals surface area contributed by atoms with Crippen molar-refractivity contribution in [1.29, 1.82) is 0 Å². The van der Waals surface area contributed by atoms with Gasteiger partial charge in [0.05, 0.1) is 12.1 Å². The minimum Gasteiger partial charge on any atom is -0.478 e. The Balaban J connectivity index is 2.29. The summed E-state index contributed by atoms with van der Waals surface area (Å²) in [5.41, 5.74) is -0.264. The van der Waals surface area contributed by atoms with E-state index in [0.717, 1.165) is 12.8 Å². The first-order valence-corrected chi connectivity index (χ1v) is 5.63. The first kappa shape index (κ1) is 11.3. The smallest absolute Gasteiger partial charge is 0.339 e. The number of carbonyl (C=O) groups is 1. The van der Waals surface area contributed by atoms with Crippen molar-refractivity contribution in [3.8, 4) is 0 Å². The summed E-state index contributed by atoms with van der Waals surface area (Å²) < 4.78 is 0.615. The molecule has 6 heteroatoms. The van der Waals surface area contributed by atoms with Crippen molar-refractivity contribution in [3.05, 3.63) is 22.3 Å². The van der Waals surface area contributed by atoms with Gasteiger partial charge in [-0.1, -0.05) is 0 Å². The predicted molar refractivity (Wildman–Crippen MR) is 61.6 cm³/mol. The zero-order chi connectivity index (χ0) is 11.8. The van der Waals surface area contributed by atoms with Crippen molar-refractivity contribution in [3.63, 3.8) is 0 Å². The number of aromatic carboxylic acids is 1. The minimum atomic E-state index is -1.04. The van der Waals surface area contributed by atoms with Crippen LogP contribution in [0.1, 0.15) is 23.2 Å². The topological polar surface area (TPSA) is 82.5 Å². The number of nitrogens with one attached hydrogen (secondary N) is 1. The Morgan fingerprint density at radius 3 is 2.81 bits per heavy atom. The van der Waals surface area contributed by atoms with Crippen molar-refractivity contribution in [1.82, 2.24) is 4.98 Å². The molecule has 0 radical (unpaired) electrons. The second-order valence-electron chi connectivity index (χ2n) is 3.92. The number of hydrogen-bond acceptors (Lipinski definition) is 4. The van der Waals surface area contributed by atoms with Gasteiger partial charge in [-0.05, 0) is 34.8 Å². The fourth-order valence-electron chi connectivity index (χ4n) is 1.43. The fraction of sp³-hybridized carbons (Fsp3) is 0.400. The number of aliphatic hydroxyl groups is 1. The lowest BCUT2D eigenvalue weighted by Crippen LogP contribution is -2.27. The number of nitrogens with zero attached hydrogens (tertiary/aromatic N) is 1. The average molecular weight is 287 g/mol. The summed E-state index contributed by atoms with van der Waals surface area (Å²) >= 11 is 3.17. The number of rotatable bonds is 4. The molecule has 0 amide bonds. The van der Waals surface area contributed by atoms with E-state index < -0.39 is 5.97 Å². The van der Waals surface area contributed by atoms with Crippen molar-refractivity contribution < 1.29 is 15.0 Å². The summed E-state index contributed by atoms with van der Waals surface area (Å²) in [4.78, 5) is 15.0. The Hall–Kier alpha value is -1.14. The summed E-state index contributed by atoms with van der Waals surface area (Å²) in [5.74, 6) is -0.729. The lowest BCUT2D eigenvalue weighted by Gasteiger charge is -2.16. The van der Waals surface area contributed by atoms with E-state index >= 15 is 0 Å². The fourth-order valence-corrected chi connectivity index (χ4v) is 1.76. The summed E-state index contributed by atoms with van der Waals surface area (Å²) in [6.45, 7) is -0.0101. The molecule has 1 aliphatic rings. The Bertz CT molecular complexity index is 432. The van der Waals surface area contributed by atoms with Gasteiger partial charge in [0.25, 0.3) is 0 Å². The monoisotopic (exact) mass is 286 g/mol. The number of aromatic nitrogens is 1. The lowest BCUT2D eigenvalue weighted by molar-refractivity contribution is 0.0697. The van der Waals surface area contributed by atoms with E-state index in [4.69, 9.17) is 10.2 Å². The van der Waals surface area contributed by atoms with E-state index in [-0.39, 0.29) is 17.7 Å². The maximum Gasteiger partial charge on any atom is 0.339 e. The number of aliphatic hydroxyl groups excluding tert-OH is 1. The van der Waals surface area contributed by atoms with Crippen LogP contribution in [0.15, 0.2) is 16.7 Å². The molecule has 0 aliphatic heterocycles. The first-order chi connectivity index (χ1) is 7.56. The predicted octanol–water partition coefficient (Wildman–Crippen LogP) is 1.48. The summed E-state index contributed by atoms with van der Waals surface area (Å²) in [7, 11) is 0. The number of anilines is 1. The Labute approximate surface area is 101 Å². The number of carboxylic acids is 1. The van der Waals surface area contributed by atoms with E-state index in [2.05, 4.69) is 26.2 Å². The standard InChI is InChI=1S/C10H11BrN2O3/c11-6-3-7(9(15)16)8(12-4-6)13-10(5-14)1-2-10/h3-4,14H,1-2,5H2,(H,12,13)(H,15,16). The molecule has 1 aromatic rings.